The number of rotatable bonds is 6. The van der Waals surface area contributed by atoms with E-state index in [1.54, 1.807) is 11.3 Å². The van der Waals surface area contributed by atoms with Gasteiger partial charge in [0.1, 0.15) is 0 Å². The molecule has 0 spiro atoms. The molecule has 0 bridgehead atoms. The van der Waals surface area contributed by atoms with E-state index in [0.29, 0.717) is 13.0 Å². The first kappa shape index (κ1) is 15.7. The molecule has 21 heavy (non-hydrogen) atoms. The monoisotopic (exact) mass is 302 g/mol. The van der Waals surface area contributed by atoms with Gasteiger partial charge >= 0.3 is 0 Å². The van der Waals surface area contributed by atoms with Gasteiger partial charge in [-0.3, -0.25) is 4.79 Å². The summed E-state index contributed by atoms with van der Waals surface area (Å²) in [6, 6.07) is 8.32. The molecule has 0 aliphatic rings. The van der Waals surface area contributed by atoms with Gasteiger partial charge in [-0.05, 0) is 32.8 Å². The summed E-state index contributed by atoms with van der Waals surface area (Å²) in [5, 5.41) is 4.08. The number of nitrogens with zero attached hydrogens (tertiary/aromatic N) is 1. The van der Waals surface area contributed by atoms with Crippen LogP contribution in [-0.2, 0) is 17.6 Å². The number of amides is 1. The summed E-state index contributed by atoms with van der Waals surface area (Å²) in [6.07, 6.45) is 2.21. The minimum Gasteiger partial charge on any atom is -0.356 e. The number of benzene rings is 1. The van der Waals surface area contributed by atoms with E-state index >= 15 is 0 Å². The molecule has 1 N–H and O–H groups in total. The second-order valence-corrected chi connectivity index (χ2v) is 6.62. The zero-order valence-corrected chi connectivity index (χ0v) is 13.7. The summed E-state index contributed by atoms with van der Waals surface area (Å²) in [7, 11) is 0. The summed E-state index contributed by atoms with van der Waals surface area (Å²) in [6.45, 7) is 6.80. The van der Waals surface area contributed by atoms with Crippen LogP contribution >= 0.6 is 11.3 Å². The van der Waals surface area contributed by atoms with E-state index in [1.807, 2.05) is 19.9 Å². The number of hydrogen-bond acceptors (Lipinski definition) is 3. The van der Waals surface area contributed by atoms with Crippen LogP contribution < -0.4 is 5.32 Å². The zero-order chi connectivity index (χ0) is 15.2. The van der Waals surface area contributed by atoms with Gasteiger partial charge in [-0.1, -0.05) is 29.8 Å². The highest BCUT2D eigenvalue weighted by Crippen LogP contribution is 2.17. The molecule has 1 heterocycles. The summed E-state index contributed by atoms with van der Waals surface area (Å²) >= 11 is 1.72. The minimum absolute atomic E-state index is 0.121. The Bertz CT molecular complexity index is 619. The Balaban J connectivity index is 1.71. The third kappa shape index (κ3) is 4.97. The van der Waals surface area contributed by atoms with Crippen molar-refractivity contribution in [3.63, 3.8) is 0 Å². The van der Waals surface area contributed by atoms with Crippen LogP contribution in [0.4, 0.5) is 0 Å². The van der Waals surface area contributed by atoms with Crippen LogP contribution in [0.2, 0.25) is 0 Å². The van der Waals surface area contributed by atoms with Crippen molar-refractivity contribution in [2.45, 2.75) is 40.0 Å². The lowest BCUT2D eigenvalue weighted by molar-refractivity contribution is -0.121. The van der Waals surface area contributed by atoms with Gasteiger partial charge in [0, 0.05) is 24.3 Å². The van der Waals surface area contributed by atoms with E-state index in [-0.39, 0.29) is 5.91 Å². The lowest BCUT2D eigenvalue weighted by Gasteiger charge is -2.05. The van der Waals surface area contributed by atoms with E-state index in [9.17, 15) is 4.79 Å². The van der Waals surface area contributed by atoms with Crippen molar-refractivity contribution in [2.24, 2.45) is 0 Å². The summed E-state index contributed by atoms with van der Waals surface area (Å²) in [4.78, 5) is 17.5. The van der Waals surface area contributed by atoms with Gasteiger partial charge in [0.15, 0.2) is 0 Å². The molecule has 2 rings (SSSR count). The first-order valence-corrected chi connectivity index (χ1v) is 8.11. The molecule has 1 aromatic heterocycles. The SMILES string of the molecule is Cc1cccc(CCC(=O)NCCc2sc(C)nc2C)c1. The zero-order valence-electron chi connectivity index (χ0n) is 12.9. The highest BCUT2D eigenvalue weighted by atomic mass is 32.1. The first-order chi connectivity index (χ1) is 10.0. The molecular weight excluding hydrogens is 280 g/mol. The number of hydrogen-bond donors (Lipinski definition) is 1. The summed E-state index contributed by atoms with van der Waals surface area (Å²) in [5.74, 6) is 0.121. The van der Waals surface area contributed by atoms with Gasteiger partial charge in [-0.25, -0.2) is 4.98 Å². The van der Waals surface area contributed by atoms with E-state index in [1.165, 1.54) is 16.0 Å². The van der Waals surface area contributed by atoms with Crippen molar-refractivity contribution in [1.82, 2.24) is 10.3 Å². The van der Waals surface area contributed by atoms with Crippen LogP contribution in [0, 0.1) is 20.8 Å². The Labute approximate surface area is 130 Å². The molecule has 1 aromatic carbocycles. The van der Waals surface area contributed by atoms with Crippen LogP contribution in [0.5, 0.6) is 0 Å². The molecular formula is C17H22N2OS. The number of nitrogens with one attached hydrogen (secondary N) is 1. The Hall–Kier alpha value is -1.68. The number of carbonyl (C=O) groups excluding carboxylic acids is 1. The first-order valence-electron chi connectivity index (χ1n) is 7.30. The number of aryl methyl sites for hydroxylation is 4. The van der Waals surface area contributed by atoms with Crippen molar-refractivity contribution in [3.05, 3.63) is 51.0 Å². The second kappa shape index (κ2) is 7.36. The fourth-order valence-corrected chi connectivity index (χ4v) is 3.27. The van der Waals surface area contributed by atoms with Gasteiger partial charge in [0.05, 0.1) is 10.7 Å². The van der Waals surface area contributed by atoms with Crippen LogP contribution in [0.1, 0.15) is 33.1 Å². The van der Waals surface area contributed by atoms with Crippen molar-refractivity contribution >= 4 is 17.2 Å². The Morgan fingerprint density at radius 2 is 2.05 bits per heavy atom. The molecule has 0 aliphatic heterocycles. The van der Waals surface area contributed by atoms with E-state index < -0.39 is 0 Å². The molecule has 1 amide bonds. The number of thiazole rings is 1. The van der Waals surface area contributed by atoms with Crippen LogP contribution in [0.3, 0.4) is 0 Å². The molecule has 0 radical (unpaired) electrons. The van der Waals surface area contributed by atoms with Gasteiger partial charge in [0.2, 0.25) is 5.91 Å². The second-order valence-electron chi connectivity index (χ2n) is 5.33. The maximum absolute atomic E-state index is 11.9. The van der Waals surface area contributed by atoms with Crippen LogP contribution in [0.25, 0.3) is 0 Å². The van der Waals surface area contributed by atoms with E-state index in [4.69, 9.17) is 0 Å². The van der Waals surface area contributed by atoms with Gasteiger partial charge in [-0.2, -0.15) is 0 Å². The molecule has 0 atom stereocenters. The average molecular weight is 302 g/mol. The molecule has 0 unspecified atom stereocenters. The molecule has 0 saturated heterocycles. The topological polar surface area (TPSA) is 42.0 Å². The highest BCUT2D eigenvalue weighted by Gasteiger charge is 2.06. The van der Waals surface area contributed by atoms with E-state index in [0.717, 1.165) is 23.5 Å². The van der Waals surface area contributed by atoms with Crippen molar-refractivity contribution in [2.75, 3.05) is 6.54 Å². The molecule has 2 aromatic rings. The predicted octanol–water partition coefficient (Wildman–Crippen LogP) is 3.36. The molecule has 3 nitrogen and oxygen atoms in total. The Morgan fingerprint density at radius 1 is 1.24 bits per heavy atom. The minimum atomic E-state index is 0.121. The van der Waals surface area contributed by atoms with Crippen LogP contribution in [-0.4, -0.2) is 17.4 Å². The summed E-state index contributed by atoms with van der Waals surface area (Å²) < 4.78 is 0. The van der Waals surface area contributed by atoms with Crippen molar-refractivity contribution in [3.8, 4) is 0 Å². The van der Waals surface area contributed by atoms with Gasteiger partial charge in [0.25, 0.3) is 0 Å². The normalized spacial score (nSPS) is 10.6. The largest absolute Gasteiger partial charge is 0.356 e. The fraction of sp³-hybridized carbons (Fsp3) is 0.412. The maximum atomic E-state index is 11.9. The Kier molecular flexibility index (Phi) is 5.51. The summed E-state index contributed by atoms with van der Waals surface area (Å²) in [5.41, 5.74) is 3.55. The maximum Gasteiger partial charge on any atom is 0.220 e. The number of aromatic nitrogens is 1. The van der Waals surface area contributed by atoms with E-state index in [2.05, 4.69) is 35.4 Å². The molecule has 4 heteroatoms. The standard InChI is InChI=1S/C17H22N2OS/c1-12-5-4-6-15(11-12)7-8-17(20)18-10-9-16-13(2)19-14(3)21-16/h4-6,11H,7-10H2,1-3H3,(H,18,20). The van der Waals surface area contributed by atoms with Crippen molar-refractivity contribution in [1.29, 1.82) is 0 Å². The van der Waals surface area contributed by atoms with Gasteiger partial charge < -0.3 is 5.32 Å². The predicted molar refractivity (Wildman–Crippen MR) is 87.8 cm³/mol. The quantitative estimate of drug-likeness (QED) is 0.889. The molecule has 0 aliphatic carbocycles. The van der Waals surface area contributed by atoms with Crippen LogP contribution in [0.15, 0.2) is 24.3 Å². The van der Waals surface area contributed by atoms with Crippen molar-refractivity contribution < 1.29 is 4.79 Å². The fourth-order valence-electron chi connectivity index (χ4n) is 2.33. The smallest absolute Gasteiger partial charge is 0.220 e. The average Bonchev–Trinajstić information content (AvgIpc) is 2.75. The van der Waals surface area contributed by atoms with Gasteiger partial charge in [-0.15, -0.1) is 11.3 Å². The lowest BCUT2D eigenvalue weighted by atomic mass is 10.1. The third-order valence-corrected chi connectivity index (χ3v) is 4.53. The highest BCUT2D eigenvalue weighted by molar-refractivity contribution is 7.11. The molecule has 112 valence electrons. The number of carbonyl (C=O) groups is 1. The molecule has 0 fully saturated rings. The lowest BCUT2D eigenvalue weighted by Crippen LogP contribution is -2.25. The third-order valence-electron chi connectivity index (χ3n) is 3.40. The molecule has 0 saturated carbocycles. The Morgan fingerprint density at radius 3 is 2.71 bits per heavy atom.